The molecular formula is C23H34FN5O4. The van der Waals surface area contributed by atoms with Crippen LogP contribution in [0.3, 0.4) is 0 Å². The third-order valence-corrected chi connectivity index (χ3v) is 4.22. The van der Waals surface area contributed by atoms with E-state index in [4.69, 9.17) is 30.1 Å². The Kier molecular flexibility index (Phi) is 10.9. The number of hydrogen-bond donors (Lipinski definition) is 3. The summed E-state index contributed by atoms with van der Waals surface area (Å²) in [5.41, 5.74) is 7.18. The van der Waals surface area contributed by atoms with E-state index in [0.29, 0.717) is 62.3 Å². The predicted molar refractivity (Wildman–Crippen MR) is 126 cm³/mol. The summed E-state index contributed by atoms with van der Waals surface area (Å²) in [7, 11) is 0. The van der Waals surface area contributed by atoms with Crippen molar-refractivity contribution in [2.45, 2.75) is 26.3 Å². The molecule has 10 heteroatoms. The molecule has 0 bridgehead atoms. The van der Waals surface area contributed by atoms with Gasteiger partial charge >= 0.3 is 0 Å². The second kappa shape index (κ2) is 13.7. The minimum absolute atomic E-state index is 0.101. The van der Waals surface area contributed by atoms with Crippen LogP contribution < -0.4 is 15.8 Å². The van der Waals surface area contributed by atoms with Crippen molar-refractivity contribution in [3.8, 4) is 5.75 Å². The zero-order chi connectivity index (χ0) is 24.1. The highest BCUT2D eigenvalue weighted by Gasteiger charge is 2.20. The molecule has 0 atom stereocenters. The summed E-state index contributed by atoms with van der Waals surface area (Å²) in [6.45, 7) is 8.10. The Bertz CT molecular complexity index is 859. The van der Waals surface area contributed by atoms with Gasteiger partial charge in [0.2, 0.25) is 0 Å². The average molecular weight is 464 g/mol. The molecule has 4 N–H and O–H groups in total. The minimum atomic E-state index is -0.485. The number of nitrogens with one attached hydrogen (secondary N) is 2. The van der Waals surface area contributed by atoms with E-state index in [1.807, 2.05) is 20.8 Å². The van der Waals surface area contributed by atoms with Crippen LogP contribution in [0.5, 0.6) is 5.75 Å². The Labute approximate surface area is 194 Å². The van der Waals surface area contributed by atoms with Gasteiger partial charge in [0.05, 0.1) is 50.9 Å². The number of alkyl halides is 1. The molecule has 1 aromatic heterocycles. The van der Waals surface area contributed by atoms with Crippen LogP contribution in [0.25, 0.3) is 0 Å². The fourth-order valence-corrected chi connectivity index (χ4v) is 2.77. The second-order valence-electron chi connectivity index (χ2n) is 8.13. The van der Waals surface area contributed by atoms with E-state index >= 15 is 0 Å². The molecule has 0 radical (unpaired) electrons. The van der Waals surface area contributed by atoms with E-state index in [1.54, 1.807) is 24.3 Å². The molecule has 9 nitrogen and oxygen atoms in total. The zero-order valence-electron chi connectivity index (χ0n) is 19.5. The van der Waals surface area contributed by atoms with Gasteiger partial charge in [-0.15, -0.1) is 0 Å². The number of nitrogens with zero attached hydrogens (tertiary/aromatic N) is 2. The van der Waals surface area contributed by atoms with Crippen molar-refractivity contribution in [2.24, 2.45) is 0 Å². The van der Waals surface area contributed by atoms with Crippen LogP contribution in [0.4, 0.5) is 16.0 Å². The van der Waals surface area contributed by atoms with Crippen LogP contribution in [0.1, 0.15) is 31.9 Å². The highest BCUT2D eigenvalue weighted by Crippen LogP contribution is 2.25. The molecule has 33 heavy (non-hydrogen) atoms. The molecule has 1 aromatic carbocycles. The van der Waals surface area contributed by atoms with Gasteiger partial charge in [0.1, 0.15) is 37.0 Å². The predicted octanol–water partition coefficient (Wildman–Crippen LogP) is 3.08. The summed E-state index contributed by atoms with van der Waals surface area (Å²) >= 11 is 0. The van der Waals surface area contributed by atoms with Crippen molar-refractivity contribution in [3.63, 3.8) is 0 Å². The molecule has 2 aromatic rings. The molecule has 0 aliphatic carbocycles. The van der Waals surface area contributed by atoms with Gasteiger partial charge in [0.25, 0.3) is 0 Å². The molecule has 1 heterocycles. The maximum Gasteiger partial charge on any atom is 0.141 e. The van der Waals surface area contributed by atoms with Gasteiger partial charge in [-0.05, 0) is 45.0 Å². The summed E-state index contributed by atoms with van der Waals surface area (Å²) in [5.74, 6) is 1.44. The van der Waals surface area contributed by atoms with Crippen LogP contribution in [0.15, 0.2) is 30.6 Å². The molecule has 0 amide bonds. The van der Waals surface area contributed by atoms with Gasteiger partial charge in [0.15, 0.2) is 0 Å². The lowest BCUT2D eigenvalue weighted by Gasteiger charge is -2.23. The number of benzene rings is 1. The highest BCUT2D eigenvalue weighted by atomic mass is 19.1. The Morgan fingerprint density at radius 1 is 0.939 bits per heavy atom. The smallest absolute Gasteiger partial charge is 0.141 e. The lowest BCUT2D eigenvalue weighted by Crippen LogP contribution is -2.28. The molecule has 0 saturated carbocycles. The Morgan fingerprint density at radius 3 is 2.09 bits per heavy atom. The lowest BCUT2D eigenvalue weighted by atomic mass is 10.0. The molecule has 2 rings (SSSR count). The van der Waals surface area contributed by atoms with Gasteiger partial charge in [-0.1, -0.05) is 0 Å². The van der Waals surface area contributed by atoms with Crippen molar-refractivity contribution in [1.29, 1.82) is 5.41 Å². The molecule has 0 aliphatic heterocycles. The van der Waals surface area contributed by atoms with Gasteiger partial charge in [-0.3, -0.25) is 5.41 Å². The first-order valence-corrected chi connectivity index (χ1v) is 10.8. The fourth-order valence-electron chi connectivity index (χ4n) is 2.77. The van der Waals surface area contributed by atoms with E-state index < -0.39 is 6.67 Å². The summed E-state index contributed by atoms with van der Waals surface area (Å²) in [5, 5.41) is 11.9. The Balaban J connectivity index is 1.78. The first kappa shape index (κ1) is 26.4. The van der Waals surface area contributed by atoms with Gasteiger partial charge < -0.3 is 30.0 Å². The minimum Gasteiger partial charge on any atom is -0.491 e. The van der Waals surface area contributed by atoms with E-state index in [-0.39, 0.29) is 23.7 Å². The molecule has 0 spiro atoms. The standard InChI is InChI=1S/C23H34FN5O4/c1-23(2,3)29-22-19(21(26)27-16-28-22)20(25)17-4-6-18(7-5-17)33-15-14-32-13-12-31-11-10-30-9-8-24/h4-7,16,25H,8-15H2,1-3H3,(H3,26,27,28,29). The third-order valence-electron chi connectivity index (χ3n) is 4.22. The van der Waals surface area contributed by atoms with Gasteiger partial charge in [-0.25, -0.2) is 14.4 Å². The van der Waals surface area contributed by atoms with E-state index in [1.165, 1.54) is 6.33 Å². The molecule has 0 saturated heterocycles. The Hall–Kier alpha value is -2.82. The number of nitrogens with two attached hydrogens (primary N) is 1. The number of anilines is 2. The maximum absolute atomic E-state index is 11.8. The van der Waals surface area contributed by atoms with E-state index in [0.717, 1.165) is 0 Å². The van der Waals surface area contributed by atoms with E-state index in [9.17, 15) is 4.39 Å². The highest BCUT2D eigenvalue weighted by molar-refractivity contribution is 6.16. The third kappa shape index (κ3) is 9.68. The molecule has 0 aliphatic rings. The lowest BCUT2D eigenvalue weighted by molar-refractivity contribution is 0.00750. The summed E-state index contributed by atoms with van der Waals surface area (Å²) < 4.78 is 33.2. The normalized spacial score (nSPS) is 11.4. The number of halogens is 1. The summed E-state index contributed by atoms with van der Waals surface area (Å²) in [6, 6.07) is 7.18. The van der Waals surface area contributed by atoms with Crippen LogP contribution in [-0.2, 0) is 14.2 Å². The van der Waals surface area contributed by atoms with Crippen molar-refractivity contribution in [2.75, 3.05) is 64.0 Å². The quantitative estimate of drug-likeness (QED) is 0.272. The van der Waals surface area contributed by atoms with Crippen LogP contribution >= 0.6 is 0 Å². The summed E-state index contributed by atoms with van der Waals surface area (Å²) in [6.07, 6.45) is 1.38. The number of hydrogen-bond acceptors (Lipinski definition) is 9. The van der Waals surface area contributed by atoms with Crippen molar-refractivity contribution < 1.29 is 23.3 Å². The SMILES string of the molecule is CC(C)(C)Nc1ncnc(N)c1C(=N)c1ccc(OCCOCCOCCOCCF)cc1. The number of rotatable bonds is 15. The number of nitrogen functional groups attached to an aromatic ring is 1. The topological polar surface area (TPSA) is 125 Å². The van der Waals surface area contributed by atoms with Gasteiger partial charge in [0, 0.05) is 11.1 Å². The van der Waals surface area contributed by atoms with Crippen molar-refractivity contribution in [3.05, 3.63) is 41.7 Å². The second-order valence-corrected chi connectivity index (χ2v) is 8.13. The van der Waals surface area contributed by atoms with Crippen molar-refractivity contribution in [1.82, 2.24) is 9.97 Å². The maximum atomic E-state index is 11.8. The van der Waals surface area contributed by atoms with Crippen LogP contribution in [-0.4, -0.2) is 74.1 Å². The number of aromatic nitrogens is 2. The monoisotopic (exact) mass is 463 g/mol. The Morgan fingerprint density at radius 2 is 1.52 bits per heavy atom. The molecule has 0 unspecified atom stereocenters. The van der Waals surface area contributed by atoms with E-state index in [2.05, 4.69) is 15.3 Å². The first-order valence-electron chi connectivity index (χ1n) is 10.8. The van der Waals surface area contributed by atoms with Crippen LogP contribution in [0, 0.1) is 5.41 Å². The molecule has 0 fully saturated rings. The largest absolute Gasteiger partial charge is 0.491 e. The fraction of sp³-hybridized carbons (Fsp3) is 0.522. The average Bonchev–Trinajstić information content (AvgIpc) is 2.76. The molecular weight excluding hydrogens is 429 g/mol. The van der Waals surface area contributed by atoms with Crippen molar-refractivity contribution >= 4 is 17.3 Å². The molecule has 182 valence electrons. The summed E-state index contributed by atoms with van der Waals surface area (Å²) in [4.78, 5) is 8.32. The van der Waals surface area contributed by atoms with Gasteiger partial charge in [-0.2, -0.15) is 0 Å². The first-order chi connectivity index (χ1) is 15.8. The number of ether oxygens (including phenoxy) is 4. The van der Waals surface area contributed by atoms with Crippen LogP contribution in [0.2, 0.25) is 0 Å². The zero-order valence-corrected chi connectivity index (χ0v) is 19.5.